The zero-order valence-corrected chi connectivity index (χ0v) is 7.51. The summed E-state index contributed by atoms with van der Waals surface area (Å²) in [6.07, 6.45) is 2.47. The molecule has 11 heavy (non-hydrogen) atoms. The Balaban J connectivity index is 2.05. The smallest absolute Gasteiger partial charge is 0.0625 e. The van der Waals surface area contributed by atoms with E-state index in [1.807, 2.05) is 0 Å². The van der Waals surface area contributed by atoms with Crippen LogP contribution in [0.3, 0.4) is 0 Å². The maximum Gasteiger partial charge on any atom is 0.0625 e. The largest absolute Gasteiger partial charge is 0.309 e. The van der Waals surface area contributed by atoms with Crippen molar-refractivity contribution in [1.82, 2.24) is 15.5 Å². The monoisotopic (exact) mass is 156 g/mol. The minimum Gasteiger partial charge on any atom is -0.309 e. The first-order valence-electron chi connectivity index (χ1n) is 4.30. The summed E-state index contributed by atoms with van der Waals surface area (Å²) in [6.45, 7) is 3.08. The zero-order valence-electron chi connectivity index (χ0n) is 7.51. The third-order valence-corrected chi connectivity index (χ3v) is 2.05. The topological polar surface area (TPSA) is 29.4 Å². The maximum atomic E-state index is 4.23. The van der Waals surface area contributed by atoms with Crippen molar-refractivity contribution in [3.63, 3.8) is 0 Å². The molecule has 0 aromatic carbocycles. The van der Waals surface area contributed by atoms with Gasteiger partial charge in [-0.25, -0.2) is 5.32 Å². The Morgan fingerprint density at radius 1 is 1.55 bits per heavy atom. The predicted molar refractivity (Wildman–Crippen MR) is 46.6 cm³/mol. The van der Waals surface area contributed by atoms with E-state index in [4.69, 9.17) is 0 Å². The zero-order chi connectivity index (χ0) is 8.10. The molecule has 0 saturated carbocycles. The lowest BCUT2D eigenvalue weighted by Crippen LogP contribution is -2.42. The van der Waals surface area contributed by atoms with Gasteiger partial charge in [-0.2, -0.15) is 0 Å². The average Bonchev–Trinajstić information content (AvgIpc) is 2.03. The van der Waals surface area contributed by atoms with Crippen molar-refractivity contribution in [3.05, 3.63) is 0 Å². The standard InChI is InChI=1S/C8H18N3/c1-11(2)6-4-8-3-5-9-7-10-8/h8,10H,3-7H2,1-2H3. The summed E-state index contributed by atoms with van der Waals surface area (Å²) in [6, 6.07) is 0.704. The first-order valence-corrected chi connectivity index (χ1v) is 4.30. The fraction of sp³-hybridized carbons (Fsp3) is 1.00. The third kappa shape index (κ3) is 3.70. The molecule has 3 nitrogen and oxygen atoms in total. The predicted octanol–water partition coefficient (Wildman–Crippen LogP) is -0.138. The van der Waals surface area contributed by atoms with Crippen molar-refractivity contribution < 1.29 is 0 Å². The molecule has 0 spiro atoms. The summed E-state index contributed by atoms with van der Waals surface area (Å²) in [5.41, 5.74) is 0. The van der Waals surface area contributed by atoms with E-state index >= 15 is 0 Å². The highest BCUT2D eigenvalue weighted by molar-refractivity contribution is 4.72. The van der Waals surface area contributed by atoms with Gasteiger partial charge in [0, 0.05) is 12.6 Å². The van der Waals surface area contributed by atoms with Gasteiger partial charge in [0.1, 0.15) is 0 Å². The highest BCUT2D eigenvalue weighted by Gasteiger charge is 2.11. The summed E-state index contributed by atoms with van der Waals surface area (Å²) in [7, 11) is 4.24. The van der Waals surface area contributed by atoms with Crippen LogP contribution in [0.5, 0.6) is 0 Å². The van der Waals surface area contributed by atoms with Crippen molar-refractivity contribution in [1.29, 1.82) is 0 Å². The minimum absolute atomic E-state index is 0.704. The van der Waals surface area contributed by atoms with Crippen molar-refractivity contribution in [2.24, 2.45) is 0 Å². The normalized spacial score (nSPS) is 25.9. The van der Waals surface area contributed by atoms with Crippen LogP contribution in [0.15, 0.2) is 0 Å². The molecule has 65 valence electrons. The molecule has 1 aliphatic rings. The fourth-order valence-electron chi connectivity index (χ4n) is 1.28. The molecule has 1 atom stereocenters. The van der Waals surface area contributed by atoms with E-state index in [0.717, 1.165) is 13.2 Å². The Morgan fingerprint density at radius 3 is 2.91 bits per heavy atom. The Hall–Kier alpha value is -0.120. The summed E-state index contributed by atoms with van der Waals surface area (Å²) >= 11 is 0. The molecule has 0 aromatic rings. The number of hydrogen-bond donors (Lipinski definition) is 1. The molecule has 1 saturated heterocycles. The molecule has 1 radical (unpaired) electrons. The quantitative estimate of drug-likeness (QED) is 0.616. The van der Waals surface area contributed by atoms with E-state index in [2.05, 4.69) is 29.6 Å². The second kappa shape index (κ2) is 4.70. The molecular formula is C8H18N3. The van der Waals surface area contributed by atoms with Crippen molar-refractivity contribution in [2.45, 2.75) is 18.9 Å². The summed E-state index contributed by atoms with van der Waals surface area (Å²) < 4.78 is 0. The summed E-state index contributed by atoms with van der Waals surface area (Å²) in [5.74, 6) is 0. The average molecular weight is 156 g/mol. The lowest BCUT2D eigenvalue weighted by Gasteiger charge is -2.24. The molecule has 0 amide bonds. The van der Waals surface area contributed by atoms with E-state index in [1.165, 1.54) is 19.4 Å². The van der Waals surface area contributed by atoms with Gasteiger partial charge >= 0.3 is 0 Å². The Kier molecular flexibility index (Phi) is 3.83. The van der Waals surface area contributed by atoms with Gasteiger partial charge in [0.25, 0.3) is 0 Å². The van der Waals surface area contributed by atoms with Gasteiger partial charge < -0.3 is 10.2 Å². The molecule has 1 rings (SSSR count). The van der Waals surface area contributed by atoms with Gasteiger partial charge in [-0.15, -0.1) is 0 Å². The van der Waals surface area contributed by atoms with Gasteiger partial charge in [0.15, 0.2) is 0 Å². The van der Waals surface area contributed by atoms with Crippen LogP contribution in [0, 0.1) is 0 Å². The fourth-order valence-corrected chi connectivity index (χ4v) is 1.28. The minimum atomic E-state index is 0.704. The lowest BCUT2D eigenvalue weighted by atomic mass is 10.1. The van der Waals surface area contributed by atoms with E-state index in [9.17, 15) is 0 Å². The van der Waals surface area contributed by atoms with Crippen LogP contribution >= 0.6 is 0 Å². The molecule has 1 fully saturated rings. The van der Waals surface area contributed by atoms with Gasteiger partial charge in [-0.3, -0.25) is 0 Å². The van der Waals surface area contributed by atoms with Crippen molar-refractivity contribution in [3.8, 4) is 0 Å². The first-order chi connectivity index (χ1) is 5.29. The van der Waals surface area contributed by atoms with E-state index in [1.54, 1.807) is 0 Å². The Morgan fingerprint density at radius 2 is 2.36 bits per heavy atom. The van der Waals surface area contributed by atoms with Gasteiger partial charge in [-0.05, 0) is 33.5 Å². The highest BCUT2D eigenvalue weighted by Crippen LogP contribution is 2.01. The number of rotatable bonds is 3. The molecular weight excluding hydrogens is 138 g/mol. The number of nitrogens with one attached hydrogen (secondary N) is 1. The van der Waals surface area contributed by atoms with Crippen LogP contribution < -0.4 is 10.6 Å². The van der Waals surface area contributed by atoms with Crippen LogP contribution in [0.2, 0.25) is 0 Å². The molecule has 1 aliphatic heterocycles. The van der Waals surface area contributed by atoms with Gasteiger partial charge in [0.05, 0.1) is 6.67 Å². The van der Waals surface area contributed by atoms with Gasteiger partial charge in [-0.1, -0.05) is 0 Å². The van der Waals surface area contributed by atoms with E-state index in [0.29, 0.717) is 6.04 Å². The molecule has 0 bridgehead atoms. The first kappa shape index (κ1) is 8.97. The van der Waals surface area contributed by atoms with Crippen molar-refractivity contribution in [2.75, 3.05) is 33.9 Å². The highest BCUT2D eigenvalue weighted by atomic mass is 15.1. The molecule has 0 aliphatic carbocycles. The van der Waals surface area contributed by atoms with E-state index in [-0.39, 0.29) is 0 Å². The molecule has 3 heteroatoms. The summed E-state index contributed by atoms with van der Waals surface area (Å²) in [4.78, 5) is 2.23. The summed E-state index contributed by atoms with van der Waals surface area (Å²) in [5, 5.41) is 7.61. The maximum absolute atomic E-state index is 4.23. The van der Waals surface area contributed by atoms with Crippen molar-refractivity contribution >= 4 is 0 Å². The SMILES string of the molecule is CN(C)CCC1CC[N]CN1. The van der Waals surface area contributed by atoms with E-state index < -0.39 is 0 Å². The molecule has 1 unspecified atom stereocenters. The van der Waals surface area contributed by atoms with Crippen LogP contribution in [0.25, 0.3) is 0 Å². The van der Waals surface area contributed by atoms with Crippen LogP contribution in [0.4, 0.5) is 0 Å². The molecule has 1 N–H and O–H groups in total. The van der Waals surface area contributed by atoms with Gasteiger partial charge in [0.2, 0.25) is 0 Å². The van der Waals surface area contributed by atoms with Crippen LogP contribution in [-0.4, -0.2) is 44.8 Å². The second-order valence-corrected chi connectivity index (χ2v) is 3.39. The Labute approximate surface area is 69.1 Å². The second-order valence-electron chi connectivity index (χ2n) is 3.39. The lowest BCUT2D eigenvalue weighted by molar-refractivity contribution is 0.316. The Bertz CT molecular complexity index is 97.5. The van der Waals surface area contributed by atoms with Crippen LogP contribution in [0.1, 0.15) is 12.8 Å². The van der Waals surface area contributed by atoms with Crippen LogP contribution in [-0.2, 0) is 0 Å². The molecule has 1 heterocycles. The third-order valence-electron chi connectivity index (χ3n) is 2.05. The number of hydrogen-bond acceptors (Lipinski definition) is 2. The number of nitrogens with zero attached hydrogens (tertiary/aromatic N) is 2. The molecule has 0 aromatic heterocycles.